The highest BCUT2D eigenvalue weighted by Gasteiger charge is 2.25. The van der Waals surface area contributed by atoms with E-state index < -0.39 is 0 Å². The molecule has 0 aromatic heterocycles. The first-order valence-electron chi connectivity index (χ1n) is 8.65. The Labute approximate surface area is 159 Å². The van der Waals surface area contributed by atoms with Gasteiger partial charge in [-0.2, -0.15) is 11.8 Å². The van der Waals surface area contributed by atoms with Crippen LogP contribution in [0, 0.1) is 5.82 Å². The molecule has 25 heavy (non-hydrogen) atoms. The minimum absolute atomic E-state index is 0. The summed E-state index contributed by atoms with van der Waals surface area (Å²) in [5, 5.41) is 3.41. The Morgan fingerprint density at radius 2 is 2.32 bits per heavy atom. The van der Waals surface area contributed by atoms with Gasteiger partial charge in [0.25, 0.3) is 0 Å². The zero-order valence-electron chi connectivity index (χ0n) is 14.3. The molecule has 1 aromatic rings. The van der Waals surface area contributed by atoms with Gasteiger partial charge in [-0.3, -0.25) is 4.79 Å². The van der Waals surface area contributed by atoms with Crippen molar-refractivity contribution >= 4 is 30.1 Å². The number of ether oxygens (including phenoxy) is 1. The highest BCUT2D eigenvalue weighted by molar-refractivity contribution is 7.99. The van der Waals surface area contributed by atoms with Crippen LogP contribution < -0.4 is 5.32 Å². The highest BCUT2D eigenvalue weighted by Crippen LogP contribution is 2.18. The van der Waals surface area contributed by atoms with E-state index in [1.54, 1.807) is 6.07 Å². The molecular weight excluding hydrogens is 363 g/mol. The van der Waals surface area contributed by atoms with E-state index in [0.29, 0.717) is 19.5 Å². The zero-order chi connectivity index (χ0) is 16.8. The van der Waals surface area contributed by atoms with Crippen molar-refractivity contribution in [2.75, 3.05) is 31.2 Å². The Morgan fingerprint density at radius 3 is 3.00 bits per heavy atom. The lowest BCUT2D eigenvalue weighted by Crippen LogP contribution is -2.44. The van der Waals surface area contributed by atoms with Crippen LogP contribution >= 0.6 is 24.2 Å². The third-order valence-corrected chi connectivity index (χ3v) is 5.61. The van der Waals surface area contributed by atoms with Crippen LogP contribution in [-0.2, 0) is 16.1 Å². The summed E-state index contributed by atoms with van der Waals surface area (Å²) in [4.78, 5) is 14.7. The maximum atomic E-state index is 13.5. The Kier molecular flexibility index (Phi) is 8.49. The van der Waals surface area contributed by atoms with Crippen molar-refractivity contribution in [2.45, 2.75) is 38.0 Å². The summed E-state index contributed by atoms with van der Waals surface area (Å²) >= 11 is 1.89. The van der Waals surface area contributed by atoms with Gasteiger partial charge in [0.1, 0.15) is 5.82 Å². The fourth-order valence-electron chi connectivity index (χ4n) is 3.24. The van der Waals surface area contributed by atoms with Crippen molar-refractivity contribution in [3.8, 4) is 0 Å². The predicted octanol–water partition coefficient (Wildman–Crippen LogP) is 2.85. The minimum atomic E-state index is -0.262. The Bertz CT molecular complexity index is 552. The number of thioether (sulfide) groups is 1. The van der Waals surface area contributed by atoms with Gasteiger partial charge in [0.2, 0.25) is 5.91 Å². The second-order valence-electron chi connectivity index (χ2n) is 6.47. The van der Waals surface area contributed by atoms with Gasteiger partial charge >= 0.3 is 0 Å². The molecule has 1 N–H and O–H groups in total. The normalized spacial score (nSPS) is 23.1. The number of carbonyl (C=O) groups excluding carboxylic acids is 1. The Morgan fingerprint density at radius 1 is 1.44 bits per heavy atom. The molecule has 0 bridgehead atoms. The van der Waals surface area contributed by atoms with Crippen molar-refractivity contribution < 1.29 is 13.9 Å². The molecule has 0 radical (unpaired) electrons. The van der Waals surface area contributed by atoms with Gasteiger partial charge in [-0.15, -0.1) is 12.4 Å². The number of carbonyl (C=O) groups is 1. The summed E-state index contributed by atoms with van der Waals surface area (Å²) in [5.41, 5.74) is 0.826. The first-order chi connectivity index (χ1) is 11.7. The summed E-state index contributed by atoms with van der Waals surface area (Å²) in [5.74, 6) is 1.93. The maximum Gasteiger partial charge on any atom is 0.224 e. The lowest BCUT2D eigenvalue weighted by atomic mass is 10.1. The van der Waals surface area contributed by atoms with Gasteiger partial charge in [0, 0.05) is 50.2 Å². The molecule has 2 heterocycles. The molecule has 1 aromatic carbocycles. The smallest absolute Gasteiger partial charge is 0.224 e. The van der Waals surface area contributed by atoms with Crippen molar-refractivity contribution in [1.82, 2.24) is 10.2 Å². The molecule has 2 aliphatic rings. The van der Waals surface area contributed by atoms with Crippen molar-refractivity contribution in [3.63, 3.8) is 0 Å². The Hall–Kier alpha value is -0.820. The number of amides is 1. The van der Waals surface area contributed by atoms with E-state index in [4.69, 9.17) is 4.74 Å². The monoisotopic (exact) mass is 388 g/mol. The third kappa shape index (κ3) is 6.44. The molecule has 0 saturated carbocycles. The average Bonchev–Trinajstić information content (AvgIpc) is 3.08. The fourth-order valence-corrected chi connectivity index (χ4v) is 4.18. The van der Waals surface area contributed by atoms with Crippen LogP contribution in [0.3, 0.4) is 0 Å². The lowest BCUT2D eigenvalue weighted by molar-refractivity contribution is -0.133. The number of halogens is 2. The Balaban J connectivity index is 0.00000225. The molecule has 0 aliphatic carbocycles. The van der Waals surface area contributed by atoms with Crippen LogP contribution in [0.25, 0.3) is 0 Å². The van der Waals surface area contributed by atoms with Gasteiger partial charge in [0.05, 0.1) is 6.10 Å². The second kappa shape index (κ2) is 10.4. The average molecular weight is 389 g/mol. The van der Waals surface area contributed by atoms with Crippen LogP contribution in [0.4, 0.5) is 4.39 Å². The zero-order valence-corrected chi connectivity index (χ0v) is 15.9. The summed E-state index contributed by atoms with van der Waals surface area (Å²) in [7, 11) is 0. The van der Waals surface area contributed by atoms with Gasteiger partial charge < -0.3 is 15.0 Å². The van der Waals surface area contributed by atoms with Crippen LogP contribution in [0.1, 0.15) is 24.8 Å². The van der Waals surface area contributed by atoms with Crippen molar-refractivity contribution in [1.29, 1.82) is 0 Å². The van der Waals surface area contributed by atoms with E-state index in [0.717, 1.165) is 43.1 Å². The molecule has 1 amide bonds. The van der Waals surface area contributed by atoms with E-state index >= 15 is 0 Å². The quantitative estimate of drug-likeness (QED) is 0.813. The van der Waals surface area contributed by atoms with Crippen molar-refractivity contribution in [3.05, 3.63) is 35.6 Å². The molecule has 2 atom stereocenters. The molecule has 2 fully saturated rings. The molecule has 0 spiro atoms. The van der Waals surface area contributed by atoms with Gasteiger partial charge in [-0.1, -0.05) is 12.1 Å². The van der Waals surface area contributed by atoms with E-state index in [1.807, 2.05) is 22.7 Å². The third-order valence-electron chi connectivity index (χ3n) is 4.48. The lowest BCUT2D eigenvalue weighted by Gasteiger charge is -2.29. The molecule has 3 rings (SSSR count). The first kappa shape index (κ1) is 20.5. The molecule has 4 nitrogen and oxygen atoms in total. The molecule has 2 unspecified atom stereocenters. The summed E-state index contributed by atoms with van der Waals surface area (Å²) < 4.78 is 19.2. The van der Waals surface area contributed by atoms with Crippen LogP contribution in [0.5, 0.6) is 0 Å². The number of nitrogens with one attached hydrogen (secondary N) is 1. The number of hydrogen-bond donors (Lipinski definition) is 1. The van der Waals surface area contributed by atoms with Gasteiger partial charge in [0.15, 0.2) is 0 Å². The van der Waals surface area contributed by atoms with Crippen LogP contribution in [-0.4, -0.2) is 54.2 Å². The fraction of sp³-hybridized carbons (Fsp3) is 0.611. The van der Waals surface area contributed by atoms with Crippen molar-refractivity contribution in [2.24, 2.45) is 0 Å². The number of benzene rings is 1. The number of nitrogens with zero attached hydrogens (tertiary/aromatic N) is 1. The van der Waals surface area contributed by atoms with E-state index in [1.165, 1.54) is 12.1 Å². The standard InChI is InChI=1S/C18H25FN2O2S.ClH/c19-15-4-1-3-14(9-15)11-21(12-17-5-2-7-23-17)18(22)10-16-13-24-8-6-20-16;/h1,3-4,9,16-17,20H,2,5-8,10-13H2;1H. The molecule has 140 valence electrons. The van der Waals surface area contributed by atoms with Gasteiger partial charge in [-0.05, 0) is 30.5 Å². The molecule has 7 heteroatoms. The summed E-state index contributed by atoms with van der Waals surface area (Å²) in [6.45, 7) is 2.76. The van der Waals surface area contributed by atoms with Crippen LogP contribution in [0.2, 0.25) is 0 Å². The SMILES string of the molecule is Cl.O=C(CC1CSCCN1)N(Cc1cccc(F)c1)CC1CCCO1. The number of hydrogen-bond acceptors (Lipinski definition) is 4. The first-order valence-corrected chi connectivity index (χ1v) is 9.81. The highest BCUT2D eigenvalue weighted by atomic mass is 35.5. The second-order valence-corrected chi connectivity index (χ2v) is 7.62. The minimum Gasteiger partial charge on any atom is -0.376 e. The topological polar surface area (TPSA) is 41.6 Å². The molecule has 2 saturated heterocycles. The largest absolute Gasteiger partial charge is 0.376 e. The van der Waals surface area contributed by atoms with E-state index in [-0.39, 0.29) is 36.3 Å². The molecule has 2 aliphatic heterocycles. The predicted molar refractivity (Wildman–Crippen MR) is 102 cm³/mol. The van der Waals surface area contributed by atoms with Crippen LogP contribution in [0.15, 0.2) is 24.3 Å². The van der Waals surface area contributed by atoms with E-state index in [9.17, 15) is 9.18 Å². The summed E-state index contributed by atoms with van der Waals surface area (Å²) in [6, 6.07) is 6.73. The van der Waals surface area contributed by atoms with E-state index in [2.05, 4.69) is 5.32 Å². The summed E-state index contributed by atoms with van der Waals surface area (Å²) in [6.07, 6.45) is 2.64. The molecular formula is C18H26ClFN2O2S. The number of rotatable bonds is 6. The maximum absolute atomic E-state index is 13.5. The van der Waals surface area contributed by atoms with Gasteiger partial charge in [-0.25, -0.2) is 4.39 Å².